The number of carbonyl (C=O) groups excluding carboxylic acids is 1. The molecule has 2 atom stereocenters. The topological polar surface area (TPSA) is 95.3 Å². The minimum Gasteiger partial charge on any atom is -0.389 e. The number of rotatable bonds is 8. The highest BCUT2D eigenvalue weighted by molar-refractivity contribution is 5.95. The SMILES string of the molecule is Cc1cc(F)c(C(=O)NC2CC2)cc1-n1cc(-c2cncc(N[C@H]3CCN(CC(C)(C)O)C[C@H]3F)c2)cn1. The summed E-state index contributed by atoms with van der Waals surface area (Å²) in [4.78, 5) is 18.8. The number of hydrogen-bond donors (Lipinski definition) is 3. The van der Waals surface area contributed by atoms with Gasteiger partial charge in [-0.3, -0.25) is 14.7 Å². The summed E-state index contributed by atoms with van der Waals surface area (Å²) in [6.45, 7) is 6.62. The lowest BCUT2D eigenvalue weighted by Gasteiger charge is -2.37. The second-order valence-corrected chi connectivity index (χ2v) is 11.1. The number of nitrogens with zero attached hydrogens (tertiary/aromatic N) is 4. The van der Waals surface area contributed by atoms with Crippen LogP contribution in [0.4, 0.5) is 14.5 Å². The van der Waals surface area contributed by atoms with Crippen LogP contribution in [0.3, 0.4) is 0 Å². The van der Waals surface area contributed by atoms with Crippen LogP contribution in [-0.2, 0) is 0 Å². The van der Waals surface area contributed by atoms with Gasteiger partial charge < -0.3 is 15.7 Å². The van der Waals surface area contributed by atoms with Gasteiger partial charge in [-0.05, 0) is 63.8 Å². The Balaban J connectivity index is 1.30. The zero-order valence-corrected chi connectivity index (χ0v) is 21.9. The summed E-state index contributed by atoms with van der Waals surface area (Å²) in [5, 5.41) is 20.6. The molecule has 0 radical (unpaired) electrons. The molecule has 1 aromatic carbocycles. The monoisotopic (exact) mass is 524 g/mol. The van der Waals surface area contributed by atoms with Crippen molar-refractivity contribution in [1.82, 2.24) is 25.0 Å². The Labute approximate surface area is 221 Å². The van der Waals surface area contributed by atoms with Gasteiger partial charge in [-0.25, -0.2) is 13.5 Å². The molecule has 2 fully saturated rings. The number of anilines is 1. The first kappa shape index (κ1) is 26.2. The van der Waals surface area contributed by atoms with Crippen molar-refractivity contribution in [2.75, 3.05) is 25.0 Å². The van der Waals surface area contributed by atoms with Gasteiger partial charge in [-0.1, -0.05) is 0 Å². The van der Waals surface area contributed by atoms with Crippen molar-refractivity contribution in [2.45, 2.75) is 63.9 Å². The normalized spacial score (nSPS) is 20.4. The largest absolute Gasteiger partial charge is 0.389 e. The quantitative estimate of drug-likeness (QED) is 0.414. The van der Waals surface area contributed by atoms with E-state index in [1.54, 1.807) is 50.2 Å². The molecule has 3 heterocycles. The van der Waals surface area contributed by atoms with Gasteiger partial charge in [0.05, 0.1) is 34.8 Å². The van der Waals surface area contributed by atoms with Crippen LogP contribution in [-0.4, -0.2) is 74.2 Å². The highest BCUT2D eigenvalue weighted by Gasteiger charge is 2.31. The standard InChI is InChI=1S/C28H34F2N6O2/c1-17-8-23(29)22(27(37)34-20-4-5-20)10-26(17)36-14-19(12-32-36)18-9-21(13-31-11-18)33-25-6-7-35(15-24(25)30)16-28(2,3)38/h8-14,20,24-25,33,38H,4-7,15-16H2,1-3H3,(H,34,37)/t24-,25+/m1/s1. The molecule has 0 unspecified atom stereocenters. The first-order valence-corrected chi connectivity index (χ1v) is 13.0. The Hall–Kier alpha value is -3.37. The Morgan fingerprint density at radius 2 is 1.95 bits per heavy atom. The van der Waals surface area contributed by atoms with Crippen molar-refractivity contribution < 1.29 is 18.7 Å². The average molecular weight is 525 g/mol. The van der Waals surface area contributed by atoms with Crippen LogP contribution in [0, 0.1) is 12.7 Å². The first-order valence-electron chi connectivity index (χ1n) is 13.0. The molecule has 2 aromatic heterocycles. The van der Waals surface area contributed by atoms with E-state index in [4.69, 9.17) is 0 Å². The van der Waals surface area contributed by atoms with E-state index in [0.717, 1.165) is 24.0 Å². The lowest BCUT2D eigenvalue weighted by atomic mass is 10.0. The van der Waals surface area contributed by atoms with Gasteiger partial charge >= 0.3 is 0 Å². The second-order valence-electron chi connectivity index (χ2n) is 11.1. The van der Waals surface area contributed by atoms with E-state index in [0.29, 0.717) is 36.4 Å². The lowest BCUT2D eigenvalue weighted by molar-refractivity contribution is 0.0148. The van der Waals surface area contributed by atoms with Gasteiger partial charge in [0.25, 0.3) is 5.91 Å². The number of benzene rings is 1. The highest BCUT2D eigenvalue weighted by atomic mass is 19.1. The molecule has 1 aliphatic carbocycles. The maximum atomic E-state index is 14.9. The molecule has 1 aliphatic heterocycles. The van der Waals surface area contributed by atoms with E-state index in [1.165, 1.54) is 12.1 Å². The van der Waals surface area contributed by atoms with E-state index in [9.17, 15) is 18.7 Å². The molecule has 10 heteroatoms. The van der Waals surface area contributed by atoms with Crippen LogP contribution in [0.5, 0.6) is 0 Å². The van der Waals surface area contributed by atoms with E-state index in [1.807, 2.05) is 11.0 Å². The number of aryl methyl sites for hydroxylation is 1. The molecular formula is C28H34F2N6O2. The van der Waals surface area contributed by atoms with Crippen LogP contribution in [0.1, 0.15) is 49.0 Å². The zero-order chi connectivity index (χ0) is 27.0. The predicted octanol–water partition coefficient (Wildman–Crippen LogP) is 3.87. The third kappa shape index (κ3) is 6.19. The summed E-state index contributed by atoms with van der Waals surface area (Å²) in [5.74, 6) is -0.976. The van der Waals surface area contributed by atoms with Crippen LogP contribution in [0.15, 0.2) is 43.0 Å². The van der Waals surface area contributed by atoms with Gasteiger partial charge in [-0.2, -0.15) is 5.10 Å². The Bertz CT molecular complexity index is 1320. The first-order chi connectivity index (χ1) is 18.1. The van der Waals surface area contributed by atoms with Crippen LogP contribution in [0.25, 0.3) is 16.8 Å². The molecule has 3 N–H and O–H groups in total. The number of alkyl halides is 1. The van der Waals surface area contributed by atoms with Gasteiger partial charge in [0, 0.05) is 55.4 Å². The van der Waals surface area contributed by atoms with E-state index in [-0.39, 0.29) is 24.2 Å². The minimum atomic E-state index is -1.08. The number of halogens is 2. The molecule has 0 spiro atoms. The van der Waals surface area contributed by atoms with Crippen molar-refractivity contribution in [1.29, 1.82) is 0 Å². The molecule has 5 rings (SSSR count). The van der Waals surface area contributed by atoms with E-state index < -0.39 is 23.5 Å². The summed E-state index contributed by atoms with van der Waals surface area (Å²) in [6, 6.07) is 4.56. The summed E-state index contributed by atoms with van der Waals surface area (Å²) < 4.78 is 31.1. The fourth-order valence-corrected chi connectivity index (χ4v) is 4.89. The Morgan fingerprint density at radius 3 is 2.66 bits per heavy atom. The van der Waals surface area contributed by atoms with Gasteiger partial charge in [0.1, 0.15) is 12.0 Å². The second kappa shape index (κ2) is 10.4. The van der Waals surface area contributed by atoms with Crippen LogP contribution in [0.2, 0.25) is 0 Å². The fraction of sp³-hybridized carbons (Fsp3) is 0.464. The molecule has 202 valence electrons. The number of amides is 1. The Morgan fingerprint density at radius 1 is 1.16 bits per heavy atom. The predicted molar refractivity (Wildman–Crippen MR) is 142 cm³/mol. The number of aromatic nitrogens is 3. The van der Waals surface area contributed by atoms with Crippen molar-refractivity contribution >= 4 is 11.6 Å². The van der Waals surface area contributed by atoms with Gasteiger partial charge in [0.2, 0.25) is 0 Å². The molecular weight excluding hydrogens is 490 g/mol. The van der Waals surface area contributed by atoms with Crippen LogP contribution < -0.4 is 10.6 Å². The molecule has 1 saturated carbocycles. The summed E-state index contributed by atoms with van der Waals surface area (Å²) in [7, 11) is 0. The molecule has 38 heavy (non-hydrogen) atoms. The number of pyridine rings is 1. The number of likely N-dealkylation sites (tertiary alicyclic amines) is 1. The van der Waals surface area contributed by atoms with E-state index >= 15 is 0 Å². The van der Waals surface area contributed by atoms with Gasteiger partial charge in [-0.15, -0.1) is 0 Å². The molecule has 8 nitrogen and oxygen atoms in total. The van der Waals surface area contributed by atoms with Crippen molar-refractivity contribution in [3.05, 3.63) is 59.9 Å². The van der Waals surface area contributed by atoms with Crippen molar-refractivity contribution in [3.8, 4) is 16.8 Å². The third-order valence-electron chi connectivity index (χ3n) is 6.93. The molecule has 1 saturated heterocycles. The number of aliphatic hydroxyl groups is 1. The zero-order valence-electron chi connectivity index (χ0n) is 21.9. The smallest absolute Gasteiger partial charge is 0.254 e. The molecule has 2 aliphatic rings. The maximum absolute atomic E-state index is 14.9. The number of nitrogens with one attached hydrogen (secondary N) is 2. The fourth-order valence-electron chi connectivity index (χ4n) is 4.89. The molecule has 1 amide bonds. The van der Waals surface area contributed by atoms with Crippen molar-refractivity contribution in [2.24, 2.45) is 0 Å². The van der Waals surface area contributed by atoms with Crippen LogP contribution >= 0.6 is 0 Å². The van der Waals surface area contributed by atoms with E-state index in [2.05, 4.69) is 20.7 Å². The molecule has 3 aromatic rings. The lowest BCUT2D eigenvalue weighted by Crippen LogP contribution is -2.51. The summed E-state index contributed by atoms with van der Waals surface area (Å²) in [6.07, 6.45) is 8.23. The number of hydrogen-bond acceptors (Lipinski definition) is 6. The highest BCUT2D eigenvalue weighted by Crippen LogP contribution is 2.27. The number of β-amino-alcohol motifs (C(OH)–C–C–N with tert-alkyl or cyclic N) is 1. The minimum absolute atomic E-state index is 0.00297. The average Bonchev–Trinajstić information content (AvgIpc) is 3.52. The third-order valence-corrected chi connectivity index (χ3v) is 6.93. The number of carbonyl (C=O) groups is 1. The summed E-state index contributed by atoms with van der Waals surface area (Å²) >= 11 is 0. The van der Waals surface area contributed by atoms with Gasteiger partial charge in [0.15, 0.2) is 0 Å². The Kier molecular flexibility index (Phi) is 7.19. The van der Waals surface area contributed by atoms with Crippen molar-refractivity contribution in [3.63, 3.8) is 0 Å². The molecule has 0 bridgehead atoms. The number of piperidine rings is 1. The maximum Gasteiger partial charge on any atom is 0.254 e. The summed E-state index contributed by atoms with van der Waals surface area (Å²) in [5.41, 5.74) is 2.68.